The van der Waals surface area contributed by atoms with Crippen molar-refractivity contribution in [1.29, 1.82) is 0 Å². The predicted molar refractivity (Wildman–Crippen MR) is 128 cm³/mol. The Balaban J connectivity index is 1.63. The molecule has 36 heavy (non-hydrogen) atoms. The lowest BCUT2D eigenvalue weighted by atomic mass is 10.1. The Kier molecular flexibility index (Phi) is 5.12. The summed E-state index contributed by atoms with van der Waals surface area (Å²) in [7, 11) is -1.96. The number of benzene rings is 2. The molecule has 1 saturated heterocycles. The van der Waals surface area contributed by atoms with E-state index in [1.54, 1.807) is 43.3 Å². The van der Waals surface area contributed by atoms with Crippen LogP contribution in [0.4, 0.5) is 35.2 Å². The van der Waals surface area contributed by atoms with Gasteiger partial charge >= 0.3 is 11.5 Å². The number of sulfone groups is 1. The molecule has 1 aromatic heterocycles. The van der Waals surface area contributed by atoms with Gasteiger partial charge in [0.25, 0.3) is 15.7 Å². The molecule has 8 nitrogen and oxygen atoms in total. The van der Waals surface area contributed by atoms with Gasteiger partial charge in [-0.15, -0.1) is 0 Å². The summed E-state index contributed by atoms with van der Waals surface area (Å²) in [5.74, 6) is -0.107. The van der Waals surface area contributed by atoms with Gasteiger partial charge < -0.3 is 4.90 Å². The number of halogens is 3. The lowest BCUT2D eigenvalue weighted by Gasteiger charge is -2.25. The van der Waals surface area contributed by atoms with Crippen LogP contribution in [0.5, 0.6) is 0 Å². The zero-order valence-electron chi connectivity index (χ0n) is 19.4. The summed E-state index contributed by atoms with van der Waals surface area (Å²) in [6, 6.07) is 11.8. The minimum absolute atomic E-state index is 0.0155. The number of hydrogen-bond acceptors (Lipinski definition) is 6. The van der Waals surface area contributed by atoms with Crippen LogP contribution >= 0.6 is 0 Å². The molecule has 188 valence electrons. The van der Waals surface area contributed by atoms with Gasteiger partial charge in [0.05, 0.1) is 21.8 Å². The van der Waals surface area contributed by atoms with Crippen molar-refractivity contribution in [2.45, 2.75) is 29.3 Å². The molecule has 1 saturated carbocycles. The number of para-hydroxylation sites is 1. The highest BCUT2D eigenvalue weighted by Crippen LogP contribution is 2.56. The van der Waals surface area contributed by atoms with Gasteiger partial charge in [-0.1, -0.05) is 25.1 Å². The molecule has 2 atom stereocenters. The minimum Gasteiger partial charge on any atom is -0.363 e. The molecule has 0 radical (unpaired) electrons. The van der Waals surface area contributed by atoms with Crippen molar-refractivity contribution in [1.82, 2.24) is 4.98 Å². The Labute approximate surface area is 204 Å². The Hall–Kier alpha value is -3.67. The molecule has 12 heteroatoms. The number of imide groups is 1. The third-order valence-electron chi connectivity index (χ3n) is 6.72. The van der Waals surface area contributed by atoms with Gasteiger partial charge in [0.1, 0.15) is 11.4 Å². The van der Waals surface area contributed by atoms with Gasteiger partial charge in [0.15, 0.2) is 0 Å². The predicted octanol–water partition coefficient (Wildman–Crippen LogP) is 4.35. The summed E-state index contributed by atoms with van der Waals surface area (Å²) in [6.45, 7) is 1.84. The molecule has 2 fully saturated rings. The molecule has 1 aliphatic carbocycles. The number of aromatic nitrogens is 1. The fraction of sp³-hybridized carbons (Fsp3) is 0.292. The van der Waals surface area contributed by atoms with E-state index in [-0.39, 0.29) is 11.6 Å². The van der Waals surface area contributed by atoms with Crippen molar-refractivity contribution in [3.63, 3.8) is 0 Å². The van der Waals surface area contributed by atoms with Crippen molar-refractivity contribution in [2.75, 3.05) is 28.8 Å². The molecule has 1 spiro atoms. The largest absolute Gasteiger partial charge is 0.501 e. The Morgan fingerprint density at radius 2 is 1.67 bits per heavy atom. The van der Waals surface area contributed by atoms with Crippen molar-refractivity contribution >= 4 is 49.9 Å². The van der Waals surface area contributed by atoms with E-state index < -0.39 is 37.7 Å². The first-order chi connectivity index (χ1) is 16.8. The lowest BCUT2D eigenvalue weighted by Crippen LogP contribution is -2.39. The highest BCUT2D eigenvalue weighted by atomic mass is 32.2. The first-order valence-corrected chi connectivity index (χ1v) is 12.5. The van der Waals surface area contributed by atoms with E-state index in [1.165, 1.54) is 4.90 Å². The van der Waals surface area contributed by atoms with E-state index >= 15 is 0 Å². The van der Waals surface area contributed by atoms with E-state index in [4.69, 9.17) is 0 Å². The number of rotatable bonds is 4. The van der Waals surface area contributed by atoms with E-state index in [2.05, 4.69) is 4.98 Å². The zero-order chi connectivity index (χ0) is 26.2. The van der Waals surface area contributed by atoms with Crippen LogP contribution in [0, 0.1) is 5.92 Å². The second kappa shape index (κ2) is 7.66. The molecule has 2 unspecified atom stereocenters. The number of anilines is 3. The topological polar surface area (TPSA) is 90.9 Å². The standard InChI is InChI=1S/C24H21F3N4O4S/c1-14-13-23(14)21(32)30(15-8-10-16(11-9-15)36(34,35)24(25,26)27)22(33)31(23)19-12-20(29(2)3)28-18-7-5-4-6-17(18)19/h4-12,14H,13H2,1-3H3. The normalized spacial score (nSPS) is 22.1. The summed E-state index contributed by atoms with van der Waals surface area (Å²) < 4.78 is 62.3. The molecule has 3 aromatic rings. The third-order valence-corrected chi connectivity index (χ3v) is 8.22. The van der Waals surface area contributed by atoms with Gasteiger partial charge in [-0.2, -0.15) is 13.2 Å². The monoisotopic (exact) mass is 518 g/mol. The fourth-order valence-corrected chi connectivity index (χ4v) is 5.44. The third kappa shape index (κ3) is 3.27. The highest BCUT2D eigenvalue weighted by Gasteiger charge is 2.70. The summed E-state index contributed by atoms with van der Waals surface area (Å²) in [5.41, 5.74) is -5.52. The van der Waals surface area contributed by atoms with Gasteiger partial charge in [0, 0.05) is 25.5 Å². The maximum absolute atomic E-state index is 13.8. The number of alkyl halides is 3. The van der Waals surface area contributed by atoms with E-state index in [0.29, 0.717) is 28.8 Å². The SMILES string of the molecule is CC1CC12C(=O)N(c1ccc(S(=O)(=O)C(F)(F)F)cc1)C(=O)N2c1cc(N(C)C)nc2ccccc12. The van der Waals surface area contributed by atoms with Crippen molar-refractivity contribution in [3.8, 4) is 0 Å². The van der Waals surface area contributed by atoms with Gasteiger partial charge in [-0.3, -0.25) is 9.69 Å². The van der Waals surface area contributed by atoms with Gasteiger partial charge in [-0.05, 0) is 42.7 Å². The van der Waals surface area contributed by atoms with Crippen LogP contribution in [0.15, 0.2) is 59.5 Å². The number of nitrogens with zero attached hydrogens (tertiary/aromatic N) is 4. The van der Waals surface area contributed by atoms with E-state index in [1.807, 2.05) is 13.0 Å². The molecule has 0 N–H and O–H groups in total. The molecule has 2 aromatic carbocycles. The van der Waals surface area contributed by atoms with E-state index in [0.717, 1.165) is 29.2 Å². The molecular formula is C24H21F3N4O4S. The van der Waals surface area contributed by atoms with Crippen LogP contribution in [0.1, 0.15) is 13.3 Å². The number of hydrogen-bond donors (Lipinski definition) is 0. The zero-order valence-corrected chi connectivity index (χ0v) is 20.3. The highest BCUT2D eigenvalue weighted by molar-refractivity contribution is 7.92. The van der Waals surface area contributed by atoms with Crippen LogP contribution in [-0.2, 0) is 14.6 Å². The number of pyridine rings is 1. The molecule has 1 aliphatic heterocycles. The molecular weight excluding hydrogens is 497 g/mol. The first-order valence-electron chi connectivity index (χ1n) is 11.0. The minimum atomic E-state index is -5.56. The van der Waals surface area contributed by atoms with Gasteiger partial charge in [0.2, 0.25) is 0 Å². The molecule has 2 heterocycles. The summed E-state index contributed by atoms with van der Waals surface area (Å²) in [6.07, 6.45) is 0.405. The maximum atomic E-state index is 13.8. The quantitative estimate of drug-likeness (QED) is 0.477. The number of urea groups is 1. The Morgan fingerprint density at radius 1 is 1.06 bits per heavy atom. The maximum Gasteiger partial charge on any atom is 0.501 e. The number of amides is 3. The van der Waals surface area contributed by atoms with Gasteiger partial charge in [-0.25, -0.2) is 23.1 Å². The second-order valence-electron chi connectivity index (χ2n) is 9.14. The van der Waals surface area contributed by atoms with Crippen molar-refractivity contribution < 1.29 is 31.2 Å². The van der Waals surface area contributed by atoms with Crippen LogP contribution in [0.3, 0.4) is 0 Å². The summed E-state index contributed by atoms with van der Waals surface area (Å²) in [4.78, 5) is 35.2. The summed E-state index contributed by atoms with van der Waals surface area (Å²) in [5, 5.41) is 0.663. The van der Waals surface area contributed by atoms with Crippen LogP contribution in [0.2, 0.25) is 0 Å². The van der Waals surface area contributed by atoms with Crippen LogP contribution < -0.4 is 14.7 Å². The van der Waals surface area contributed by atoms with Crippen molar-refractivity contribution in [2.24, 2.45) is 5.92 Å². The molecule has 5 rings (SSSR count). The lowest BCUT2D eigenvalue weighted by molar-refractivity contribution is -0.119. The summed E-state index contributed by atoms with van der Waals surface area (Å²) >= 11 is 0. The average Bonchev–Trinajstić information content (AvgIpc) is 3.43. The number of carbonyl (C=O) groups excluding carboxylic acids is 2. The average molecular weight is 519 g/mol. The van der Waals surface area contributed by atoms with Crippen molar-refractivity contribution in [3.05, 3.63) is 54.6 Å². The fourth-order valence-electron chi connectivity index (χ4n) is 4.68. The molecule has 2 aliphatic rings. The Bertz CT molecular complexity index is 1520. The van der Waals surface area contributed by atoms with Crippen LogP contribution in [0.25, 0.3) is 10.9 Å². The number of fused-ring (bicyclic) bond motifs is 1. The Morgan fingerprint density at radius 3 is 2.22 bits per heavy atom. The first kappa shape index (κ1) is 24.0. The van der Waals surface area contributed by atoms with E-state index in [9.17, 15) is 31.2 Å². The molecule has 3 amide bonds. The molecule has 0 bridgehead atoms. The second-order valence-corrected chi connectivity index (χ2v) is 11.1. The number of carbonyl (C=O) groups is 2. The smallest absolute Gasteiger partial charge is 0.363 e. The van der Waals surface area contributed by atoms with Crippen LogP contribution in [-0.4, -0.2) is 50.5 Å².